The normalized spacial score (nSPS) is 18.8. The molecule has 1 aliphatic carbocycles. The number of aromatic amines is 1. The zero-order chi connectivity index (χ0) is 17.5. The lowest BCUT2D eigenvalue weighted by Crippen LogP contribution is -2.01. The molecule has 2 unspecified atom stereocenters. The van der Waals surface area contributed by atoms with E-state index >= 15 is 0 Å². The molecule has 4 aromatic rings. The van der Waals surface area contributed by atoms with Crippen LogP contribution in [-0.2, 0) is 0 Å². The van der Waals surface area contributed by atoms with Gasteiger partial charge in [-0.1, -0.05) is 18.2 Å². The third-order valence-corrected chi connectivity index (χ3v) is 4.78. The first-order chi connectivity index (χ1) is 12.8. The van der Waals surface area contributed by atoms with Crippen molar-refractivity contribution in [1.82, 2.24) is 20.2 Å². The van der Waals surface area contributed by atoms with Gasteiger partial charge in [0.05, 0.1) is 11.7 Å². The molecule has 2 atom stereocenters. The summed E-state index contributed by atoms with van der Waals surface area (Å²) in [6, 6.07) is 16.5. The van der Waals surface area contributed by atoms with Gasteiger partial charge in [-0.25, -0.2) is 9.97 Å². The van der Waals surface area contributed by atoms with Crippen molar-refractivity contribution in [2.45, 2.75) is 18.4 Å². The lowest BCUT2D eigenvalue weighted by molar-refractivity contribution is 0.990. The Morgan fingerprint density at radius 1 is 1.12 bits per heavy atom. The number of nitrogens with one attached hydrogen (secondary N) is 2. The molecule has 26 heavy (non-hydrogen) atoms. The maximum absolute atomic E-state index is 5.98. The van der Waals surface area contributed by atoms with Gasteiger partial charge in [0.1, 0.15) is 5.82 Å². The molecular formula is C20H18N6. The van der Waals surface area contributed by atoms with E-state index in [1.807, 2.05) is 36.4 Å². The summed E-state index contributed by atoms with van der Waals surface area (Å²) in [5.41, 5.74) is 10.2. The van der Waals surface area contributed by atoms with Crippen LogP contribution in [0.25, 0.3) is 22.3 Å². The van der Waals surface area contributed by atoms with Gasteiger partial charge in [0.2, 0.25) is 0 Å². The van der Waals surface area contributed by atoms with E-state index < -0.39 is 0 Å². The van der Waals surface area contributed by atoms with Crippen LogP contribution < -0.4 is 11.1 Å². The van der Waals surface area contributed by atoms with Gasteiger partial charge in [-0.15, -0.1) is 0 Å². The van der Waals surface area contributed by atoms with Crippen LogP contribution in [0.2, 0.25) is 0 Å². The lowest BCUT2D eigenvalue weighted by Gasteiger charge is -2.08. The predicted octanol–water partition coefficient (Wildman–Crippen LogP) is 3.58. The molecule has 0 aliphatic heterocycles. The molecule has 2 aromatic carbocycles. The molecule has 6 nitrogen and oxygen atoms in total. The smallest absolute Gasteiger partial charge is 0.161 e. The molecule has 0 amide bonds. The summed E-state index contributed by atoms with van der Waals surface area (Å²) in [6.07, 6.45) is 4.64. The Hall–Kier alpha value is -3.25. The molecule has 128 valence electrons. The second-order valence-electron chi connectivity index (χ2n) is 6.69. The Balaban J connectivity index is 1.43. The maximum Gasteiger partial charge on any atom is 0.161 e. The van der Waals surface area contributed by atoms with Gasteiger partial charge in [-0.3, -0.25) is 5.10 Å². The zero-order valence-corrected chi connectivity index (χ0v) is 14.1. The topological polar surface area (TPSA) is 92.5 Å². The largest absolute Gasteiger partial charge is 0.340 e. The summed E-state index contributed by atoms with van der Waals surface area (Å²) in [7, 11) is 0. The number of hydrogen-bond donors (Lipinski definition) is 3. The summed E-state index contributed by atoms with van der Waals surface area (Å²) in [5, 5.41) is 11.4. The molecular weight excluding hydrogens is 324 g/mol. The van der Waals surface area contributed by atoms with Crippen molar-refractivity contribution < 1.29 is 0 Å². The van der Waals surface area contributed by atoms with E-state index in [-0.39, 0.29) is 6.04 Å². The van der Waals surface area contributed by atoms with Crippen molar-refractivity contribution in [1.29, 1.82) is 0 Å². The number of anilines is 2. The van der Waals surface area contributed by atoms with Crippen LogP contribution in [0.5, 0.6) is 0 Å². The first-order valence-electron chi connectivity index (χ1n) is 8.65. The third-order valence-electron chi connectivity index (χ3n) is 4.78. The maximum atomic E-state index is 5.98. The molecule has 0 saturated heterocycles. The van der Waals surface area contributed by atoms with Crippen molar-refractivity contribution in [2.24, 2.45) is 5.73 Å². The van der Waals surface area contributed by atoms with Crippen LogP contribution in [0.15, 0.2) is 60.9 Å². The molecule has 5 rings (SSSR count). The number of rotatable bonds is 4. The third kappa shape index (κ3) is 2.80. The van der Waals surface area contributed by atoms with Crippen molar-refractivity contribution in [3.8, 4) is 11.4 Å². The van der Waals surface area contributed by atoms with Crippen LogP contribution >= 0.6 is 0 Å². The molecule has 4 N–H and O–H groups in total. The molecule has 2 aromatic heterocycles. The van der Waals surface area contributed by atoms with E-state index in [1.54, 1.807) is 12.4 Å². The van der Waals surface area contributed by atoms with Crippen molar-refractivity contribution in [3.63, 3.8) is 0 Å². The number of H-pyrrole nitrogens is 1. The van der Waals surface area contributed by atoms with Gasteiger partial charge in [-0.05, 0) is 42.3 Å². The fourth-order valence-electron chi connectivity index (χ4n) is 3.24. The van der Waals surface area contributed by atoms with E-state index in [0.29, 0.717) is 11.7 Å². The molecule has 1 fully saturated rings. The molecule has 2 heterocycles. The van der Waals surface area contributed by atoms with Crippen LogP contribution in [0.3, 0.4) is 0 Å². The van der Waals surface area contributed by atoms with Crippen LogP contribution in [0, 0.1) is 0 Å². The highest BCUT2D eigenvalue weighted by Gasteiger charge is 2.34. The van der Waals surface area contributed by atoms with E-state index in [0.717, 1.165) is 34.4 Å². The average molecular weight is 342 g/mol. The SMILES string of the molecule is NC1CC1c1cccc(-c2nccc(Nc3ccc4[nH]ncc4c3)n2)c1. The number of nitrogens with zero attached hydrogens (tertiary/aromatic N) is 3. The van der Waals surface area contributed by atoms with E-state index in [4.69, 9.17) is 5.73 Å². The molecule has 1 saturated carbocycles. The molecule has 0 radical (unpaired) electrons. The van der Waals surface area contributed by atoms with Crippen LogP contribution in [0.4, 0.5) is 11.5 Å². The number of benzene rings is 2. The lowest BCUT2D eigenvalue weighted by atomic mass is 10.1. The standard InChI is InChI=1S/C20H18N6/c21-17-10-16(17)12-2-1-3-13(8-12)20-22-7-6-19(25-20)24-15-4-5-18-14(9-15)11-23-26-18/h1-9,11,16-17H,10,21H2,(H,23,26)(H,22,24,25). The van der Waals surface area contributed by atoms with Gasteiger partial charge in [-0.2, -0.15) is 5.10 Å². The quantitative estimate of drug-likeness (QED) is 0.527. The summed E-state index contributed by atoms with van der Waals surface area (Å²) >= 11 is 0. The Morgan fingerprint density at radius 3 is 2.92 bits per heavy atom. The van der Waals surface area contributed by atoms with Crippen LogP contribution in [-0.4, -0.2) is 26.2 Å². The summed E-state index contributed by atoms with van der Waals surface area (Å²) < 4.78 is 0. The van der Waals surface area contributed by atoms with E-state index in [9.17, 15) is 0 Å². The minimum absolute atomic E-state index is 0.289. The average Bonchev–Trinajstić information content (AvgIpc) is 3.22. The Kier molecular flexibility index (Phi) is 3.43. The number of aromatic nitrogens is 4. The second-order valence-corrected chi connectivity index (χ2v) is 6.69. The predicted molar refractivity (Wildman–Crippen MR) is 102 cm³/mol. The van der Waals surface area contributed by atoms with Crippen molar-refractivity contribution >= 4 is 22.4 Å². The van der Waals surface area contributed by atoms with Gasteiger partial charge < -0.3 is 11.1 Å². The number of nitrogens with two attached hydrogens (primary N) is 1. The molecule has 6 heteroatoms. The first-order valence-corrected chi connectivity index (χ1v) is 8.65. The number of fused-ring (bicyclic) bond motifs is 1. The van der Waals surface area contributed by atoms with Crippen molar-refractivity contribution in [3.05, 3.63) is 66.5 Å². The minimum Gasteiger partial charge on any atom is -0.340 e. The van der Waals surface area contributed by atoms with Crippen molar-refractivity contribution in [2.75, 3.05) is 5.32 Å². The minimum atomic E-state index is 0.289. The Bertz CT molecular complexity index is 1090. The highest BCUT2D eigenvalue weighted by Crippen LogP contribution is 2.39. The zero-order valence-electron chi connectivity index (χ0n) is 14.1. The van der Waals surface area contributed by atoms with Gasteiger partial charge in [0.25, 0.3) is 0 Å². The molecule has 1 aliphatic rings. The van der Waals surface area contributed by atoms with Gasteiger partial charge >= 0.3 is 0 Å². The van der Waals surface area contributed by atoms with Gasteiger partial charge in [0, 0.05) is 34.8 Å². The highest BCUT2D eigenvalue weighted by atomic mass is 15.1. The fraction of sp³-hybridized carbons (Fsp3) is 0.150. The Labute approximate surface area is 150 Å². The summed E-state index contributed by atoms with van der Waals surface area (Å²) in [6.45, 7) is 0. The molecule has 0 spiro atoms. The highest BCUT2D eigenvalue weighted by molar-refractivity contribution is 5.82. The first kappa shape index (κ1) is 15.0. The molecule has 0 bridgehead atoms. The summed E-state index contributed by atoms with van der Waals surface area (Å²) in [4.78, 5) is 9.10. The monoisotopic (exact) mass is 342 g/mol. The summed E-state index contributed by atoms with van der Waals surface area (Å²) in [5.74, 6) is 1.93. The van der Waals surface area contributed by atoms with Gasteiger partial charge in [0.15, 0.2) is 5.82 Å². The fourth-order valence-corrected chi connectivity index (χ4v) is 3.24. The van der Waals surface area contributed by atoms with Crippen LogP contribution in [0.1, 0.15) is 17.9 Å². The second kappa shape index (κ2) is 5.93. The Morgan fingerprint density at radius 2 is 2.04 bits per heavy atom. The number of hydrogen-bond acceptors (Lipinski definition) is 5. The van der Waals surface area contributed by atoms with E-state index in [1.165, 1.54) is 5.56 Å². The van der Waals surface area contributed by atoms with E-state index in [2.05, 4.69) is 37.6 Å².